The predicted molar refractivity (Wildman–Crippen MR) is 401 cm³/mol. The van der Waals surface area contributed by atoms with Gasteiger partial charge in [-0.25, -0.2) is 28.7 Å². The lowest BCUT2D eigenvalue weighted by Gasteiger charge is -2.16. The summed E-state index contributed by atoms with van der Waals surface area (Å²) in [6, 6.07) is 22.9. The van der Waals surface area contributed by atoms with E-state index in [0.29, 0.717) is 94.6 Å². The smallest absolute Gasteiger partial charge is 0.255 e. The van der Waals surface area contributed by atoms with E-state index < -0.39 is 6.17 Å². The molecule has 4 N–H and O–H groups in total. The van der Waals surface area contributed by atoms with Crippen molar-refractivity contribution in [2.24, 2.45) is 5.92 Å². The lowest BCUT2D eigenvalue weighted by molar-refractivity contribution is 0.0939. The van der Waals surface area contributed by atoms with Crippen molar-refractivity contribution in [1.29, 1.82) is 0 Å². The first-order valence-electron chi connectivity index (χ1n) is 34.8. The van der Waals surface area contributed by atoms with E-state index in [-0.39, 0.29) is 42.5 Å². The van der Waals surface area contributed by atoms with Crippen molar-refractivity contribution in [3.63, 3.8) is 0 Å². The molecular weight excluding hydrogens is 1320 g/mol. The highest BCUT2D eigenvalue weighted by Crippen LogP contribution is 2.31. The van der Waals surface area contributed by atoms with Crippen molar-refractivity contribution in [1.82, 2.24) is 79.4 Å². The first-order valence-corrected chi connectivity index (χ1v) is 34.8. The summed E-state index contributed by atoms with van der Waals surface area (Å²) in [5.74, 6) is 1.52. The molecule has 2 aromatic carbocycles. The molecule has 12 aromatic rings. The van der Waals surface area contributed by atoms with Gasteiger partial charge in [0.25, 0.3) is 23.6 Å². The van der Waals surface area contributed by atoms with Crippen LogP contribution >= 0.6 is 0 Å². The molecule has 1 atom stereocenters. The molecule has 13 rings (SSSR count). The third-order valence-electron chi connectivity index (χ3n) is 17.8. The minimum Gasteiger partial charge on any atom is -0.496 e. The van der Waals surface area contributed by atoms with Crippen molar-refractivity contribution in [3.05, 3.63) is 219 Å². The van der Waals surface area contributed by atoms with Crippen LogP contribution in [0, 0.1) is 53.3 Å². The topological polar surface area (TPSA) is 261 Å². The standard InChI is InChI=1S/C20H20FN3O2.C20H26N6O.C20H23N3O.C19H22FN5O2/c1-26-18-6-2-4-16(21)14(18)11-24-12-15(19-17(24)5-3-9-22-19)20(25)23-10-13-7-8-13;1-6-7-21-20(27)15-10-26(17-8-13(2)9-22-18(15)17)11-16-14(3)19(25(4)5)24-12-23-16;1-4-9-22-20(24)17-13-23(18-6-5-10-21-19(17)18)12-16-8-7-14(2)11-15(16)3;1-11-5-16-17(21-6-11)14(18(26)22-7-12(2)20)8-25(16)9-15-13(3)19(27-4)24-10-23-15/h2-6,9,12-13H,7-8,10-11H2,1H3,(H,23,25);8-10,12H,6-7,11H2,1-5H3,(H,21,27);5-8,10-11,13H,4,9,12H2,1-3H3,(H,22,24);5-6,8,10,12H,7,9H2,1-4H3,(H,22,26). The van der Waals surface area contributed by atoms with Gasteiger partial charge in [0, 0.05) is 113 Å². The molecule has 4 amide bonds. The van der Waals surface area contributed by atoms with Crippen LogP contribution in [-0.2, 0) is 26.2 Å². The van der Waals surface area contributed by atoms with Crippen molar-refractivity contribution in [2.45, 2.75) is 120 Å². The minimum absolute atomic E-state index is 0.0421. The number of halogens is 2. The Labute approximate surface area is 603 Å². The van der Waals surface area contributed by atoms with E-state index in [9.17, 15) is 28.0 Å². The normalized spacial score (nSPS) is 12.0. The third kappa shape index (κ3) is 18.0. The Morgan fingerprint density at radius 2 is 1.05 bits per heavy atom. The van der Waals surface area contributed by atoms with E-state index in [1.807, 2.05) is 117 Å². The van der Waals surface area contributed by atoms with Crippen LogP contribution in [0.1, 0.15) is 144 Å². The minimum atomic E-state index is -1.12. The van der Waals surface area contributed by atoms with Crippen LogP contribution in [-0.4, -0.2) is 142 Å². The number of methoxy groups -OCH3 is 2. The van der Waals surface area contributed by atoms with Gasteiger partial charge in [0.15, 0.2) is 0 Å². The van der Waals surface area contributed by atoms with Gasteiger partial charge in [-0.1, -0.05) is 43.7 Å². The number of alkyl halides is 1. The van der Waals surface area contributed by atoms with Crippen molar-refractivity contribution in [3.8, 4) is 11.6 Å². The van der Waals surface area contributed by atoms with Crippen LogP contribution in [0.5, 0.6) is 11.6 Å². The van der Waals surface area contributed by atoms with Gasteiger partial charge in [-0.3, -0.25) is 39.1 Å². The number of carbonyl (C=O) groups is 4. The highest BCUT2D eigenvalue weighted by Gasteiger charge is 2.26. The molecule has 0 radical (unpaired) electrons. The van der Waals surface area contributed by atoms with E-state index in [0.717, 1.165) is 86.4 Å². The number of nitrogens with one attached hydrogen (secondary N) is 4. The van der Waals surface area contributed by atoms with Crippen LogP contribution in [0.2, 0.25) is 0 Å². The predicted octanol–water partition coefficient (Wildman–Crippen LogP) is 12.5. The average Bonchev–Trinajstić information content (AvgIpc) is 1.65. The lowest BCUT2D eigenvalue weighted by atomic mass is 10.1. The zero-order valence-corrected chi connectivity index (χ0v) is 61.4. The number of anilines is 1. The summed E-state index contributed by atoms with van der Waals surface area (Å²) in [4.78, 5) is 87.1. The van der Waals surface area contributed by atoms with Crippen molar-refractivity contribution >= 4 is 73.6 Å². The van der Waals surface area contributed by atoms with Crippen LogP contribution in [0.3, 0.4) is 0 Å². The molecule has 0 saturated heterocycles. The number of rotatable bonds is 23. The first kappa shape index (κ1) is 75.2. The number of nitrogens with zero attached hydrogens (tertiary/aromatic N) is 13. The van der Waals surface area contributed by atoms with E-state index in [2.05, 4.69) is 104 Å². The summed E-state index contributed by atoms with van der Waals surface area (Å²) in [7, 11) is 7.01. The number of hydrogen-bond donors (Lipinski definition) is 4. The Bertz CT molecular complexity index is 5050. The SMILES string of the molecule is CCCNC(=O)c1cn(Cc2ccc(C)cc2C)c2cccnc12.CCCNC(=O)c1cn(Cc2ncnc(N(C)C)c2C)c2cc(C)cnc12.COc1cccc(F)c1Cn1cc(C(=O)NCC2CC2)c2ncccc21.COc1ncnc(Cn2cc(C(=O)NCC(C)F)c3ncc(C)cc32)c1C. The first-order chi connectivity index (χ1) is 50.1. The van der Waals surface area contributed by atoms with Crippen LogP contribution in [0.15, 0.2) is 135 Å². The molecule has 1 aliphatic rings. The highest BCUT2D eigenvalue weighted by atomic mass is 19.1. The number of ether oxygens (including phenoxy) is 2. The summed E-state index contributed by atoms with van der Waals surface area (Å²) < 4.78 is 45.9. The maximum absolute atomic E-state index is 14.3. The number of aromatic nitrogens is 12. The summed E-state index contributed by atoms with van der Waals surface area (Å²) in [5, 5.41) is 11.5. The Balaban J connectivity index is 0.000000149. The molecule has 104 heavy (non-hydrogen) atoms. The third-order valence-corrected chi connectivity index (χ3v) is 17.8. The molecule has 1 unspecified atom stereocenters. The molecule has 0 bridgehead atoms. The summed E-state index contributed by atoms with van der Waals surface area (Å²) >= 11 is 0. The highest BCUT2D eigenvalue weighted by molar-refractivity contribution is 6.08. The maximum Gasteiger partial charge on any atom is 0.255 e. The number of amides is 4. The fourth-order valence-electron chi connectivity index (χ4n) is 12.1. The Morgan fingerprint density at radius 3 is 1.55 bits per heavy atom. The lowest BCUT2D eigenvalue weighted by Crippen LogP contribution is -2.28. The summed E-state index contributed by atoms with van der Waals surface area (Å²) in [6.45, 7) is 21.5. The number of carbonyl (C=O) groups excluding carboxylic acids is 4. The van der Waals surface area contributed by atoms with Gasteiger partial charge < -0.3 is 53.9 Å². The van der Waals surface area contributed by atoms with Crippen LogP contribution in [0.4, 0.5) is 14.6 Å². The molecule has 0 spiro atoms. The van der Waals surface area contributed by atoms with Gasteiger partial charge in [-0.15, -0.1) is 0 Å². The second-order valence-electron chi connectivity index (χ2n) is 26.3. The molecule has 1 saturated carbocycles. The number of pyridine rings is 4. The monoisotopic (exact) mass is 1410 g/mol. The molecule has 25 heteroatoms. The van der Waals surface area contributed by atoms with E-state index in [1.54, 1.807) is 62.8 Å². The number of aryl methyl sites for hydroxylation is 4. The summed E-state index contributed by atoms with van der Waals surface area (Å²) in [5.41, 5.74) is 18.2. The van der Waals surface area contributed by atoms with Gasteiger partial charge >= 0.3 is 0 Å². The van der Waals surface area contributed by atoms with Gasteiger partial charge in [0.05, 0.1) is 89.6 Å². The fourth-order valence-corrected chi connectivity index (χ4v) is 12.1. The molecule has 0 aliphatic heterocycles. The van der Waals surface area contributed by atoms with Gasteiger partial charge in [-0.2, -0.15) is 0 Å². The Morgan fingerprint density at radius 1 is 0.548 bits per heavy atom. The van der Waals surface area contributed by atoms with Gasteiger partial charge in [-0.05, 0) is 151 Å². The zero-order valence-electron chi connectivity index (χ0n) is 61.4. The van der Waals surface area contributed by atoms with Gasteiger partial charge in [0.1, 0.15) is 58.3 Å². The molecule has 10 heterocycles. The number of benzene rings is 2. The van der Waals surface area contributed by atoms with E-state index >= 15 is 0 Å². The molecular formula is C79H91F2N17O6. The molecule has 1 aliphatic carbocycles. The molecule has 542 valence electrons. The van der Waals surface area contributed by atoms with Crippen molar-refractivity contribution < 1.29 is 37.4 Å². The maximum atomic E-state index is 14.3. The van der Waals surface area contributed by atoms with Crippen LogP contribution in [0.25, 0.3) is 44.1 Å². The zero-order chi connectivity index (χ0) is 74.3. The largest absolute Gasteiger partial charge is 0.496 e. The molecule has 10 aromatic heterocycles. The average molecular weight is 1410 g/mol. The Kier molecular flexibility index (Phi) is 24.9. The van der Waals surface area contributed by atoms with E-state index in [1.165, 1.54) is 56.0 Å². The summed E-state index contributed by atoms with van der Waals surface area (Å²) in [6.07, 6.45) is 20.2. The number of hydrogen-bond acceptors (Lipinski definition) is 15. The quantitative estimate of drug-likeness (QED) is 0.0464. The Hall–Kier alpha value is -11.5. The molecule has 1 fully saturated rings. The second-order valence-corrected chi connectivity index (χ2v) is 26.3. The van der Waals surface area contributed by atoms with Gasteiger partial charge in [0.2, 0.25) is 5.88 Å². The fraction of sp³-hybridized carbons (Fsp3) is 0.342. The van der Waals surface area contributed by atoms with Crippen molar-refractivity contribution in [2.75, 3.05) is 59.4 Å². The van der Waals surface area contributed by atoms with Crippen LogP contribution < -0.4 is 35.6 Å². The molecule has 23 nitrogen and oxygen atoms in total. The second kappa shape index (κ2) is 34.4. The van der Waals surface area contributed by atoms with E-state index in [4.69, 9.17) is 9.47 Å². The number of fused-ring (bicyclic) bond motifs is 4.